The normalized spacial score (nSPS) is 10.2. The Labute approximate surface area is 128 Å². The standard InChI is InChI=1S/C16H15FN2OS/c1-9-5-3-6-11(10(9)2)16(20)19-13-8-4-7-12(17)14(13)15(18)21/h3-8H,1-2H3,(H2,18,21)(H,19,20). The number of aryl methyl sites for hydroxylation is 1. The third-order valence-corrected chi connectivity index (χ3v) is 3.56. The van der Waals surface area contributed by atoms with Gasteiger partial charge in [0, 0.05) is 5.56 Å². The molecule has 0 saturated carbocycles. The van der Waals surface area contributed by atoms with E-state index in [1.165, 1.54) is 12.1 Å². The molecular formula is C16H15FN2OS. The third kappa shape index (κ3) is 3.08. The van der Waals surface area contributed by atoms with Crippen molar-refractivity contribution in [2.24, 2.45) is 5.73 Å². The first-order valence-corrected chi connectivity index (χ1v) is 6.78. The number of hydrogen-bond donors (Lipinski definition) is 2. The molecule has 0 radical (unpaired) electrons. The number of thiocarbonyl (C=S) groups is 1. The zero-order chi connectivity index (χ0) is 15.6. The SMILES string of the molecule is Cc1cccc(C(=O)Nc2cccc(F)c2C(N)=S)c1C. The molecule has 0 bridgehead atoms. The zero-order valence-electron chi connectivity index (χ0n) is 11.7. The number of nitrogens with one attached hydrogen (secondary N) is 1. The first-order valence-electron chi connectivity index (χ1n) is 6.37. The van der Waals surface area contributed by atoms with Crippen molar-refractivity contribution in [1.29, 1.82) is 0 Å². The van der Waals surface area contributed by atoms with Gasteiger partial charge in [-0.15, -0.1) is 0 Å². The molecule has 1 amide bonds. The smallest absolute Gasteiger partial charge is 0.255 e. The molecule has 21 heavy (non-hydrogen) atoms. The molecule has 3 nitrogen and oxygen atoms in total. The van der Waals surface area contributed by atoms with Crippen LogP contribution in [0.2, 0.25) is 0 Å². The van der Waals surface area contributed by atoms with Gasteiger partial charge >= 0.3 is 0 Å². The van der Waals surface area contributed by atoms with Crippen LogP contribution in [0.15, 0.2) is 36.4 Å². The lowest BCUT2D eigenvalue weighted by molar-refractivity contribution is 0.102. The fourth-order valence-corrected chi connectivity index (χ4v) is 2.27. The Kier molecular flexibility index (Phi) is 4.33. The molecular weight excluding hydrogens is 287 g/mol. The summed E-state index contributed by atoms with van der Waals surface area (Å²) >= 11 is 4.84. The van der Waals surface area contributed by atoms with E-state index in [-0.39, 0.29) is 22.1 Å². The van der Waals surface area contributed by atoms with Gasteiger partial charge in [0.2, 0.25) is 0 Å². The minimum Gasteiger partial charge on any atom is -0.389 e. The van der Waals surface area contributed by atoms with Crippen molar-refractivity contribution in [2.45, 2.75) is 13.8 Å². The maximum atomic E-state index is 13.8. The summed E-state index contributed by atoms with van der Waals surface area (Å²) < 4.78 is 13.8. The van der Waals surface area contributed by atoms with Gasteiger partial charge in [-0.25, -0.2) is 4.39 Å². The van der Waals surface area contributed by atoms with Gasteiger partial charge < -0.3 is 11.1 Å². The van der Waals surface area contributed by atoms with Crippen LogP contribution in [0.1, 0.15) is 27.0 Å². The van der Waals surface area contributed by atoms with Gasteiger partial charge in [0.15, 0.2) is 0 Å². The molecule has 2 rings (SSSR count). The summed E-state index contributed by atoms with van der Waals surface area (Å²) in [5, 5.41) is 2.67. The molecule has 0 atom stereocenters. The van der Waals surface area contributed by atoms with Gasteiger partial charge in [0.25, 0.3) is 5.91 Å². The zero-order valence-corrected chi connectivity index (χ0v) is 12.6. The van der Waals surface area contributed by atoms with Crippen molar-refractivity contribution < 1.29 is 9.18 Å². The molecule has 108 valence electrons. The second-order valence-corrected chi connectivity index (χ2v) is 5.17. The summed E-state index contributed by atoms with van der Waals surface area (Å²) in [6, 6.07) is 9.77. The fraction of sp³-hybridized carbons (Fsp3) is 0.125. The van der Waals surface area contributed by atoms with E-state index < -0.39 is 5.82 Å². The van der Waals surface area contributed by atoms with E-state index >= 15 is 0 Å². The lowest BCUT2D eigenvalue weighted by Crippen LogP contribution is -2.19. The fourth-order valence-electron chi connectivity index (χ4n) is 2.07. The average Bonchev–Trinajstić information content (AvgIpc) is 2.41. The van der Waals surface area contributed by atoms with Crippen LogP contribution < -0.4 is 11.1 Å². The van der Waals surface area contributed by atoms with E-state index in [2.05, 4.69) is 5.32 Å². The Morgan fingerprint density at radius 1 is 1.19 bits per heavy atom. The van der Waals surface area contributed by atoms with Gasteiger partial charge in [-0.05, 0) is 43.2 Å². The number of halogens is 1. The van der Waals surface area contributed by atoms with Crippen molar-refractivity contribution >= 4 is 28.8 Å². The molecule has 0 aromatic heterocycles. The molecule has 0 heterocycles. The second kappa shape index (κ2) is 6.01. The molecule has 3 N–H and O–H groups in total. The molecule has 0 fully saturated rings. The molecule has 0 aliphatic carbocycles. The average molecular weight is 302 g/mol. The Morgan fingerprint density at radius 2 is 1.86 bits per heavy atom. The van der Waals surface area contributed by atoms with E-state index in [0.717, 1.165) is 11.1 Å². The summed E-state index contributed by atoms with van der Waals surface area (Å²) in [5.41, 5.74) is 8.27. The topological polar surface area (TPSA) is 55.1 Å². The molecule has 0 spiro atoms. The van der Waals surface area contributed by atoms with Crippen LogP contribution in [-0.4, -0.2) is 10.9 Å². The van der Waals surface area contributed by atoms with Crippen molar-refractivity contribution in [3.63, 3.8) is 0 Å². The molecule has 0 aliphatic heterocycles. The summed E-state index contributed by atoms with van der Waals surface area (Å²) in [6.07, 6.45) is 0. The van der Waals surface area contributed by atoms with Crippen molar-refractivity contribution in [2.75, 3.05) is 5.32 Å². The lowest BCUT2D eigenvalue weighted by Gasteiger charge is -2.13. The van der Waals surface area contributed by atoms with Crippen molar-refractivity contribution in [3.05, 3.63) is 64.5 Å². The van der Waals surface area contributed by atoms with Gasteiger partial charge in [0.05, 0.1) is 11.3 Å². The molecule has 2 aromatic carbocycles. The van der Waals surface area contributed by atoms with E-state index in [9.17, 15) is 9.18 Å². The van der Waals surface area contributed by atoms with Crippen molar-refractivity contribution in [1.82, 2.24) is 0 Å². The van der Waals surface area contributed by atoms with Crippen molar-refractivity contribution in [3.8, 4) is 0 Å². The Hall–Kier alpha value is -2.27. The van der Waals surface area contributed by atoms with Crippen LogP contribution in [0.5, 0.6) is 0 Å². The predicted octanol–water partition coefficient (Wildman–Crippen LogP) is 3.33. The highest BCUT2D eigenvalue weighted by Gasteiger charge is 2.15. The molecule has 0 saturated heterocycles. The summed E-state index contributed by atoms with van der Waals surface area (Å²) in [5.74, 6) is -0.874. The number of carbonyl (C=O) groups is 1. The number of hydrogen-bond acceptors (Lipinski definition) is 2. The maximum absolute atomic E-state index is 13.8. The first-order chi connectivity index (χ1) is 9.91. The number of anilines is 1. The first kappa shape index (κ1) is 15.1. The van der Waals surface area contributed by atoms with E-state index in [4.69, 9.17) is 18.0 Å². The number of benzene rings is 2. The van der Waals surface area contributed by atoms with Crippen LogP contribution in [-0.2, 0) is 0 Å². The van der Waals surface area contributed by atoms with E-state index in [1.54, 1.807) is 18.2 Å². The van der Waals surface area contributed by atoms with Crippen LogP contribution in [0.4, 0.5) is 10.1 Å². The number of carbonyl (C=O) groups excluding carboxylic acids is 1. The van der Waals surface area contributed by atoms with Gasteiger partial charge in [0.1, 0.15) is 10.8 Å². The van der Waals surface area contributed by atoms with E-state index in [1.807, 2.05) is 19.9 Å². The highest BCUT2D eigenvalue weighted by atomic mass is 32.1. The van der Waals surface area contributed by atoms with Crippen LogP contribution in [0.25, 0.3) is 0 Å². The monoisotopic (exact) mass is 302 g/mol. The molecule has 0 aliphatic rings. The predicted molar refractivity (Wildman–Crippen MR) is 86.2 cm³/mol. The second-order valence-electron chi connectivity index (χ2n) is 4.73. The van der Waals surface area contributed by atoms with Gasteiger partial charge in [-0.1, -0.05) is 30.4 Å². The van der Waals surface area contributed by atoms with E-state index in [0.29, 0.717) is 5.56 Å². The quantitative estimate of drug-likeness (QED) is 0.855. The number of nitrogens with two attached hydrogens (primary N) is 1. The number of amides is 1. The minimum absolute atomic E-state index is 0.0474. The van der Waals surface area contributed by atoms with Gasteiger partial charge in [-0.3, -0.25) is 4.79 Å². The Balaban J connectivity index is 2.39. The number of rotatable bonds is 3. The highest BCUT2D eigenvalue weighted by molar-refractivity contribution is 7.80. The minimum atomic E-state index is -0.554. The highest BCUT2D eigenvalue weighted by Crippen LogP contribution is 2.21. The summed E-state index contributed by atoms with van der Waals surface area (Å²) in [6.45, 7) is 3.79. The Bertz CT molecular complexity index is 728. The Morgan fingerprint density at radius 3 is 2.52 bits per heavy atom. The molecule has 2 aromatic rings. The molecule has 5 heteroatoms. The van der Waals surface area contributed by atoms with Crippen LogP contribution >= 0.6 is 12.2 Å². The van der Waals surface area contributed by atoms with Crippen LogP contribution in [0, 0.1) is 19.7 Å². The van der Waals surface area contributed by atoms with Gasteiger partial charge in [-0.2, -0.15) is 0 Å². The third-order valence-electron chi connectivity index (χ3n) is 3.36. The summed E-state index contributed by atoms with van der Waals surface area (Å²) in [4.78, 5) is 12.3. The molecule has 0 unspecified atom stereocenters. The van der Waals surface area contributed by atoms with Crippen LogP contribution in [0.3, 0.4) is 0 Å². The maximum Gasteiger partial charge on any atom is 0.255 e. The summed E-state index contributed by atoms with van der Waals surface area (Å²) in [7, 11) is 0. The lowest BCUT2D eigenvalue weighted by atomic mass is 10.0. The largest absolute Gasteiger partial charge is 0.389 e.